The van der Waals surface area contributed by atoms with E-state index < -0.39 is 5.97 Å². The van der Waals surface area contributed by atoms with E-state index in [4.69, 9.17) is 4.74 Å². The number of ether oxygens (including phenoxy) is 1. The van der Waals surface area contributed by atoms with Gasteiger partial charge in [0.2, 0.25) is 5.78 Å². The standard InChI is InChI=1S/C19H21NO3/c1-13-5-6-14(2)17(11-13)18(21)12-23-19(22)15-7-9-16(10-8-15)20(3)4/h5-11H,12H2,1-4H3. The van der Waals surface area contributed by atoms with Crippen molar-refractivity contribution in [2.45, 2.75) is 13.8 Å². The van der Waals surface area contributed by atoms with Gasteiger partial charge in [-0.25, -0.2) is 4.79 Å². The average molecular weight is 311 g/mol. The molecule has 0 N–H and O–H groups in total. The van der Waals surface area contributed by atoms with Crippen molar-refractivity contribution in [1.82, 2.24) is 0 Å². The maximum atomic E-state index is 12.2. The van der Waals surface area contributed by atoms with Crippen LogP contribution in [0.25, 0.3) is 0 Å². The van der Waals surface area contributed by atoms with Gasteiger partial charge in [-0.1, -0.05) is 17.7 Å². The van der Waals surface area contributed by atoms with E-state index in [9.17, 15) is 9.59 Å². The van der Waals surface area contributed by atoms with Gasteiger partial charge in [0.15, 0.2) is 6.61 Å². The second-order valence-electron chi connectivity index (χ2n) is 5.76. The van der Waals surface area contributed by atoms with Crippen molar-refractivity contribution >= 4 is 17.4 Å². The van der Waals surface area contributed by atoms with Gasteiger partial charge in [0, 0.05) is 25.3 Å². The van der Waals surface area contributed by atoms with Gasteiger partial charge >= 0.3 is 5.97 Å². The van der Waals surface area contributed by atoms with Crippen molar-refractivity contribution in [2.75, 3.05) is 25.6 Å². The van der Waals surface area contributed by atoms with Crippen LogP contribution in [0.3, 0.4) is 0 Å². The molecule has 0 aliphatic rings. The maximum Gasteiger partial charge on any atom is 0.338 e. The molecule has 23 heavy (non-hydrogen) atoms. The Kier molecular flexibility index (Phi) is 5.16. The van der Waals surface area contributed by atoms with E-state index in [1.165, 1.54) is 0 Å². The number of Topliss-reactive ketones (excluding diaryl/α,β-unsaturated/α-hetero) is 1. The zero-order valence-corrected chi connectivity index (χ0v) is 13.9. The second kappa shape index (κ2) is 7.09. The lowest BCUT2D eigenvalue weighted by molar-refractivity contribution is 0.0474. The predicted octanol–water partition coefficient (Wildman–Crippen LogP) is 3.41. The lowest BCUT2D eigenvalue weighted by Crippen LogP contribution is -2.15. The number of aryl methyl sites for hydroxylation is 2. The van der Waals surface area contributed by atoms with Gasteiger partial charge < -0.3 is 9.64 Å². The molecular formula is C19H21NO3. The third-order valence-electron chi connectivity index (χ3n) is 3.65. The number of nitrogens with zero attached hydrogens (tertiary/aromatic N) is 1. The number of hydrogen-bond donors (Lipinski definition) is 0. The summed E-state index contributed by atoms with van der Waals surface area (Å²) >= 11 is 0. The first kappa shape index (κ1) is 16.7. The van der Waals surface area contributed by atoms with Gasteiger partial charge in [0.1, 0.15) is 0 Å². The number of esters is 1. The summed E-state index contributed by atoms with van der Waals surface area (Å²) in [6.45, 7) is 3.54. The van der Waals surface area contributed by atoms with E-state index in [2.05, 4.69) is 0 Å². The normalized spacial score (nSPS) is 10.3. The molecule has 0 saturated heterocycles. The Morgan fingerprint density at radius 1 is 1.00 bits per heavy atom. The lowest BCUT2D eigenvalue weighted by Gasteiger charge is -2.12. The smallest absolute Gasteiger partial charge is 0.338 e. The van der Waals surface area contributed by atoms with Gasteiger partial charge in [-0.15, -0.1) is 0 Å². The van der Waals surface area contributed by atoms with Gasteiger partial charge in [-0.05, 0) is 49.7 Å². The van der Waals surface area contributed by atoms with E-state index in [-0.39, 0.29) is 12.4 Å². The molecule has 0 spiro atoms. The van der Waals surface area contributed by atoms with Crippen molar-refractivity contribution < 1.29 is 14.3 Å². The number of benzene rings is 2. The van der Waals surface area contributed by atoms with Crippen LogP contribution >= 0.6 is 0 Å². The Morgan fingerprint density at radius 3 is 2.26 bits per heavy atom. The highest BCUT2D eigenvalue weighted by atomic mass is 16.5. The zero-order chi connectivity index (χ0) is 17.0. The van der Waals surface area contributed by atoms with Crippen LogP contribution < -0.4 is 4.90 Å². The summed E-state index contributed by atoms with van der Waals surface area (Å²) in [5, 5.41) is 0. The summed E-state index contributed by atoms with van der Waals surface area (Å²) in [7, 11) is 3.85. The van der Waals surface area contributed by atoms with Gasteiger partial charge in [-0.3, -0.25) is 4.79 Å². The molecule has 2 rings (SSSR count). The molecule has 120 valence electrons. The highest BCUT2D eigenvalue weighted by Crippen LogP contribution is 2.14. The molecule has 0 aliphatic carbocycles. The van der Waals surface area contributed by atoms with E-state index in [0.29, 0.717) is 11.1 Å². The summed E-state index contributed by atoms with van der Waals surface area (Å²) in [5.41, 5.74) is 3.91. The summed E-state index contributed by atoms with van der Waals surface area (Å²) in [5.74, 6) is -0.682. The Labute approximate surface area is 136 Å². The topological polar surface area (TPSA) is 46.6 Å². The molecule has 0 bridgehead atoms. The molecule has 2 aromatic carbocycles. The third kappa shape index (κ3) is 4.19. The van der Waals surface area contributed by atoms with Crippen LogP contribution in [0.2, 0.25) is 0 Å². The van der Waals surface area contributed by atoms with Gasteiger partial charge in [0.25, 0.3) is 0 Å². The van der Waals surface area contributed by atoms with Crippen LogP contribution in [0.5, 0.6) is 0 Å². The Hall–Kier alpha value is -2.62. The van der Waals surface area contributed by atoms with Gasteiger partial charge in [0.05, 0.1) is 5.56 Å². The average Bonchev–Trinajstić information content (AvgIpc) is 2.54. The molecule has 0 radical (unpaired) electrons. The largest absolute Gasteiger partial charge is 0.454 e. The highest BCUT2D eigenvalue weighted by Gasteiger charge is 2.14. The van der Waals surface area contributed by atoms with Gasteiger partial charge in [-0.2, -0.15) is 0 Å². The molecule has 0 atom stereocenters. The maximum absolute atomic E-state index is 12.2. The minimum absolute atomic E-state index is 0.190. The molecule has 0 fully saturated rings. The Morgan fingerprint density at radius 2 is 1.65 bits per heavy atom. The molecule has 0 aliphatic heterocycles. The fourth-order valence-corrected chi connectivity index (χ4v) is 2.22. The predicted molar refractivity (Wildman–Crippen MR) is 91.3 cm³/mol. The summed E-state index contributed by atoms with van der Waals surface area (Å²) in [6.07, 6.45) is 0. The van der Waals surface area contributed by atoms with Crippen molar-refractivity contribution in [2.24, 2.45) is 0 Å². The highest BCUT2D eigenvalue weighted by molar-refractivity contribution is 6.00. The van der Waals surface area contributed by atoms with E-state index in [1.54, 1.807) is 12.1 Å². The van der Waals surface area contributed by atoms with Crippen LogP contribution in [0.4, 0.5) is 5.69 Å². The van der Waals surface area contributed by atoms with Crippen LogP contribution in [0, 0.1) is 13.8 Å². The molecule has 4 nitrogen and oxygen atoms in total. The minimum Gasteiger partial charge on any atom is -0.454 e. The van der Waals surface area contributed by atoms with E-state index in [0.717, 1.165) is 16.8 Å². The monoisotopic (exact) mass is 311 g/mol. The number of rotatable bonds is 5. The van der Waals surface area contributed by atoms with Crippen molar-refractivity contribution in [3.8, 4) is 0 Å². The number of anilines is 1. The fraction of sp³-hybridized carbons (Fsp3) is 0.263. The number of carbonyl (C=O) groups excluding carboxylic acids is 2. The molecule has 0 heterocycles. The minimum atomic E-state index is -0.492. The zero-order valence-electron chi connectivity index (χ0n) is 13.9. The third-order valence-corrected chi connectivity index (χ3v) is 3.65. The number of ketones is 1. The number of carbonyl (C=O) groups is 2. The number of hydrogen-bond acceptors (Lipinski definition) is 4. The molecule has 0 saturated carbocycles. The quantitative estimate of drug-likeness (QED) is 0.627. The molecule has 4 heteroatoms. The first-order valence-corrected chi connectivity index (χ1v) is 7.43. The van der Waals surface area contributed by atoms with Crippen LogP contribution in [0.15, 0.2) is 42.5 Å². The molecule has 2 aromatic rings. The summed E-state index contributed by atoms with van der Waals surface area (Å²) in [6, 6.07) is 12.7. The second-order valence-corrected chi connectivity index (χ2v) is 5.76. The molecular weight excluding hydrogens is 290 g/mol. The molecule has 0 unspecified atom stereocenters. The van der Waals surface area contributed by atoms with Crippen LogP contribution in [-0.2, 0) is 4.74 Å². The SMILES string of the molecule is Cc1ccc(C)c(C(=O)COC(=O)c2ccc(N(C)C)cc2)c1. The molecule has 0 amide bonds. The van der Waals surface area contributed by atoms with Crippen LogP contribution in [-0.4, -0.2) is 32.5 Å². The van der Waals surface area contributed by atoms with E-state index in [1.807, 2.05) is 63.2 Å². The molecule has 0 aromatic heterocycles. The fourth-order valence-electron chi connectivity index (χ4n) is 2.22. The summed E-state index contributed by atoms with van der Waals surface area (Å²) < 4.78 is 5.14. The van der Waals surface area contributed by atoms with Crippen LogP contribution in [0.1, 0.15) is 31.8 Å². The Bertz CT molecular complexity index is 718. The lowest BCUT2D eigenvalue weighted by atomic mass is 10.0. The Balaban J connectivity index is 2.01. The van der Waals surface area contributed by atoms with Crippen molar-refractivity contribution in [3.63, 3.8) is 0 Å². The first-order valence-electron chi connectivity index (χ1n) is 7.43. The van der Waals surface area contributed by atoms with Crippen molar-refractivity contribution in [3.05, 3.63) is 64.7 Å². The van der Waals surface area contributed by atoms with Crippen molar-refractivity contribution in [1.29, 1.82) is 0 Å². The summed E-state index contributed by atoms with van der Waals surface area (Å²) in [4.78, 5) is 26.2. The first-order chi connectivity index (χ1) is 10.9. The van der Waals surface area contributed by atoms with E-state index >= 15 is 0 Å².